The second-order valence-electron chi connectivity index (χ2n) is 3.83. The quantitative estimate of drug-likeness (QED) is 0.791. The van der Waals surface area contributed by atoms with Crippen molar-refractivity contribution < 1.29 is 19.4 Å². The molecule has 4 heteroatoms. The van der Waals surface area contributed by atoms with Crippen LogP contribution in [0.5, 0.6) is 5.75 Å². The maximum Gasteiger partial charge on any atom is 0.328 e. The van der Waals surface area contributed by atoms with Gasteiger partial charge >= 0.3 is 5.97 Å². The fraction of sp³-hybridized carbons (Fsp3) is 0.308. The van der Waals surface area contributed by atoms with Crippen LogP contribution in [-0.2, 0) is 9.53 Å². The third-order valence-corrected chi connectivity index (χ3v) is 2.53. The molecule has 90 valence electrons. The van der Waals surface area contributed by atoms with Crippen LogP contribution in [0.3, 0.4) is 0 Å². The van der Waals surface area contributed by atoms with Crippen LogP contribution >= 0.6 is 0 Å². The molecule has 1 unspecified atom stereocenters. The molecule has 0 aliphatic carbocycles. The molecule has 1 N–H and O–H groups in total. The Morgan fingerprint density at radius 1 is 1.47 bits per heavy atom. The van der Waals surface area contributed by atoms with Gasteiger partial charge in [0, 0.05) is 19.1 Å². The molecule has 1 atom stereocenters. The number of aliphatic carboxylic acids is 1. The lowest BCUT2D eigenvalue weighted by atomic mass is 10.2. The first-order chi connectivity index (χ1) is 8.24. The molecular formula is C13H14O4. The number of carbonyl (C=O) groups is 1. The van der Waals surface area contributed by atoms with E-state index in [0.717, 1.165) is 30.4 Å². The Bertz CT molecular complexity index is 404. The van der Waals surface area contributed by atoms with Crippen LogP contribution in [0, 0.1) is 0 Å². The van der Waals surface area contributed by atoms with Crippen molar-refractivity contribution in [3.05, 3.63) is 35.9 Å². The van der Waals surface area contributed by atoms with Gasteiger partial charge in [-0.1, -0.05) is 12.1 Å². The Morgan fingerprint density at radius 3 is 2.71 bits per heavy atom. The SMILES string of the molecule is O=C(O)/C=C/c1ccc(OCC2CCO2)cc1. The summed E-state index contributed by atoms with van der Waals surface area (Å²) in [6.45, 7) is 1.40. The van der Waals surface area contributed by atoms with Gasteiger partial charge < -0.3 is 14.6 Å². The van der Waals surface area contributed by atoms with Gasteiger partial charge in [-0.3, -0.25) is 0 Å². The van der Waals surface area contributed by atoms with E-state index < -0.39 is 5.97 Å². The maximum absolute atomic E-state index is 10.3. The van der Waals surface area contributed by atoms with Gasteiger partial charge in [0.25, 0.3) is 0 Å². The first-order valence-electron chi connectivity index (χ1n) is 5.49. The summed E-state index contributed by atoms with van der Waals surface area (Å²) in [6.07, 6.45) is 3.93. The minimum absolute atomic E-state index is 0.224. The molecule has 1 aliphatic heterocycles. The van der Waals surface area contributed by atoms with E-state index in [1.165, 1.54) is 0 Å². The predicted octanol–water partition coefficient (Wildman–Crippen LogP) is 1.95. The smallest absolute Gasteiger partial charge is 0.328 e. The van der Waals surface area contributed by atoms with Crippen LogP contribution in [0.15, 0.2) is 30.3 Å². The van der Waals surface area contributed by atoms with Crippen molar-refractivity contribution in [3.63, 3.8) is 0 Å². The minimum atomic E-state index is -0.951. The lowest BCUT2D eigenvalue weighted by molar-refractivity contribution is -0.131. The zero-order valence-electron chi connectivity index (χ0n) is 9.33. The summed E-state index contributed by atoms with van der Waals surface area (Å²) in [4.78, 5) is 10.3. The summed E-state index contributed by atoms with van der Waals surface area (Å²) in [5.41, 5.74) is 0.833. The highest BCUT2D eigenvalue weighted by molar-refractivity contribution is 5.85. The summed E-state index contributed by atoms with van der Waals surface area (Å²) in [5, 5.41) is 8.48. The van der Waals surface area contributed by atoms with E-state index in [4.69, 9.17) is 14.6 Å². The number of benzene rings is 1. The van der Waals surface area contributed by atoms with Gasteiger partial charge in [0.05, 0.1) is 6.10 Å². The molecule has 0 radical (unpaired) electrons. The zero-order valence-corrected chi connectivity index (χ0v) is 9.33. The number of carboxylic acids is 1. The van der Waals surface area contributed by atoms with Crippen LogP contribution < -0.4 is 4.74 Å². The van der Waals surface area contributed by atoms with E-state index in [-0.39, 0.29) is 6.10 Å². The number of carboxylic acid groups (broad SMARTS) is 1. The number of rotatable bonds is 5. The monoisotopic (exact) mass is 234 g/mol. The van der Waals surface area contributed by atoms with Crippen LogP contribution in [0.2, 0.25) is 0 Å². The predicted molar refractivity (Wildman–Crippen MR) is 63.0 cm³/mol. The Kier molecular flexibility index (Phi) is 3.77. The largest absolute Gasteiger partial charge is 0.491 e. The van der Waals surface area contributed by atoms with Crippen molar-refractivity contribution >= 4 is 12.0 Å². The zero-order chi connectivity index (χ0) is 12.1. The third kappa shape index (κ3) is 3.60. The van der Waals surface area contributed by atoms with Gasteiger partial charge in [0.1, 0.15) is 12.4 Å². The minimum Gasteiger partial charge on any atom is -0.491 e. The molecule has 1 aromatic rings. The maximum atomic E-state index is 10.3. The summed E-state index contributed by atoms with van der Waals surface area (Å²) < 4.78 is 10.8. The fourth-order valence-electron chi connectivity index (χ4n) is 1.45. The van der Waals surface area contributed by atoms with E-state index in [1.807, 2.05) is 24.3 Å². The molecular weight excluding hydrogens is 220 g/mol. The van der Waals surface area contributed by atoms with E-state index in [0.29, 0.717) is 6.61 Å². The fourth-order valence-corrected chi connectivity index (χ4v) is 1.45. The molecule has 1 aromatic carbocycles. The first kappa shape index (κ1) is 11.7. The van der Waals surface area contributed by atoms with Crippen molar-refractivity contribution in [1.82, 2.24) is 0 Å². The van der Waals surface area contributed by atoms with Crippen molar-refractivity contribution in [2.75, 3.05) is 13.2 Å². The highest BCUT2D eigenvalue weighted by atomic mass is 16.5. The van der Waals surface area contributed by atoms with Crippen molar-refractivity contribution in [2.24, 2.45) is 0 Å². The molecule has 0 bridgehead atoms. The topological polar surface area (TPSA) is 55.8 Å². The summed E-state index contributed by atoms with van der Waals surface area (Å²) in [7, 11) is 0. The molecule has 4 nitrogen and oxygen atoms in total. The van der Waals surface area contributed by atoms with Gasteiger partial charge in [-0.2, -0.15) is 0 Å². The summed E-state index contributed by atoms with van der Waals surface area (Å²) in [5.74, 6) is -0.180. The number of ether oxygens (including phenoxy) is 2. The molecule has 1 aliphatic rings. The molecule has 0 aromatic heterocycles. The Morgan fingerprint density at radius 2 is 2.18 bits per heavy atom. The second-order valence-corrected chi connectivity index (χ2v) is 3.83. The van der Waals surface area contributed by atoms with Crippen LogP contribution in [0.4, 0.5) is 0 Å². The molecule has 0 amide bonds. The van der Waals surface area contributed by atoms with Crippen molar-refractivity contribution in [3.8, 4) is 5.75 Å². The standard InChI is InChI=1S/C13H14O4/c14-13(15)6-3-10-1-4-11(5-2-10)17-9-12-7-8-16-12/h1-6,12H,7-9H2,(H,14,15)/b6-3+. The van der Waals surface area contributed by atoms with Gasteiger partial charge in [0.15, 0.2) is 0 Å². The normalized spacial score (nSPS) is 18.9. The van der Waals surface area contributed by atoms with Crippen LogP contribution in [-0.4, -0.2) is 30.4 Å². The highest BCUT2D eigenvalue weighted by Gasteiger charge is 2.18. The van der Waals surface area contributed by atoms with Gasteiger partial charge in [-0.25, -0.2) is 4.79 Å². The average Bonchev–Trinajstić information content (AvgIpc) is 2.26. The molecule has 2 rings (SSSR count). The highest BCUT2D eigenvalue weighted by Crippen LogP contribution is 2.16. The first-order valence-corrected chi connectivity index (χ1v) is 5.49. The third-order valence-electron chi connectivity index (χ3n) is 2.53. The molecule has 1 saturated heterocycles. The van der Waals surface area contributed by atoms with Gasteiger partial charge in [0.2, 0.25) is 0 Å². The molecule has 1 heterocycles. The summed E-state index contributed by atoms with van der Waals surface area (Å²) >= 11 is 0. The van der Waals surface area contributed by atoms with E-state index in [2.05, 4.69) is 0 Å². The van der Waals surface area contributed by atoms with Crippen LogP contribution in [0.25, 0.3) is 6.08 Å². The number of hydrogen-bond donors (Lipinski definition) is 1. The van der Waals surface area contributed by atoms with Gasteiger partial charge in [-0.05, 0) is 23.8 Å². The van der Waals surface area contributed by atoms with Crippen LogP contribution in [0.1, 0.15) is 12.0 Å². The molecule has 17 heavy (non-hydrogen) atoms. The second kappa shape index (κ2) is 5.50. The van der Waals surface area contributed by atoms with E-state index >= 15 is 0 Å². The molecule has 0 spiro atoms. The van der Waals surface area contributed by atoms with E-state index in [9.17, 15) is 4.79 Å². The van der Waals surface area contributed by atoms with Gasteiger partial charge in [-0.15, -0.1) is 0 Å². The Balaban J connectivity index is 1.86. The lowest BCUT2D eigenvalue weighted by Crippen LogP contribution is -2.32. The Hall–Kier alpha value is -1.81. The average molecular weight is 234 g/mol. The number of hydrogen-bond acceptors (Lipinski definition) is 3. The lowest BCUT2D eigenvalue weighted by Gasteiger charge is -2.26. The van der Waals surface area contributed by atoms with Crippen molar-refractivity contribution in [1.29, 1.82) is 0 Å². The molecule has 1 fully saturated rings. The van der Waals surface area contributed by atoms with E-state index in [1.54, 1.807) is 6.08 Å². The summed E-state index contributed by atoms with van der Waals surface area (Å²) in [6, 6.07) is 7.27. The molecule has 0 saturated carbocycles. The Labute approximate surface area is 99.5 Å². The van der Waals surface area contributed by atoms with Crippen molar-refractivity contribution in [2.45, 2.75) is 12.5 Å².